The van der Waals surface area contributed by atoms with Crippen LogP contribution in [0.3, 0.4) is 0 Å². The van der Waals surface area contributed by atoms with Gasteiger partial charge in [0, 0.05) is 72.4 Å². The van der Waals surface area contributed by atoms with Gasteiger partial charge in [-0.25, -0.2) is 0 Å². The average molecular weight is 819 g/mol. The minimum absolute atomic E-state index is 0.528. The number of pyridine rings is 1. The molecule has 6 aromatic heterocycles. The van der Waals surface area contributed by atoms with E-state index in [0.717, 1.165) is 60.5 Å². The van der Waals surface area contributed by atoms with Crippen LogP contribution < -0.4 is 0 Å². The second-order valence-corrected chi connectivity index (χ2v) is 16.3. The SMILES string of the molecule is c1ccc2c(c1)c1ccccc1n2-c1ccc2c(c1)c1ccccc1n2-c1nc(-c2ccncc2)nc(-n2c3ccccc3c3cc(-n4c5ccccc5c5ccccc54)ccc32)n1. The Balaban J connectivity index is 1.01. The van der Waals surface area contributed by atoms with Crippen LogP contribution in [-0.2, 0) is 0 Å². The zero-order valence-corrected chi connectivity index (χ0v) is 34.2. The van der Waals surface area contributed by atoms with E-state index in [0.29, 0.717) is 17.7 Å². The standard InChI is InChI=1S/C56H34N8/c1-7-19-46-38(13-1)39-14-2-8-20-47(39)61(46)36-25-27-52-44(33-36)42-17-5-11-23-50(42)63(52)55-58-54(35-29-31-57-32-30-35)59-56(60-55)64-51-24-12-6-18-43(51)45-34-37(26-28-53(45)64)62-48-21-9-3-15-40(48)41-16-4-10-22-49(41)62/h1-34H. The quantitative estimate of drug-likeness (QED) is 0.173. The molecule has 0 radical (unpaired) electrons. The highest BCUT2D eigenvalue weighted by atomic mass is 15.3. The van der Waals surface area contributed by atoms with Crippen LogP contribution in [0.5, 0.6) is 0 Å². The predicted molar refractivity (Wildman–Crippen MR) is 260 cm³/mol. The van der Waals surface area contributed by atoms with Gasteiger partial charge < -0.3 is 9.13 Å². The molecule has 8 heteroatoms. The molecule has 298 valence electrons. The van der Waals surface area contributed by atoms with Gasteiger partial charge in [0.15, 0.2) is 5.82 Å². The first-order valence-corrected chi connectivity index (χ1v) is 21.5. The summed E-state index contributed by atoms with van der Waals surface area (Å²) in [7, 11) is 0. The summed E-state index contributed by atoms with van der Waals surface area (Å²) in [4.78, 5) is 20.3. The molecule has 14 rings (SSSR count). The second-order valence-electron chi connectivity index (χ2n) is 16.3. The molecule has 14 aromatic rings. The van der Waals surface area contributed by atoms with Crippen LogP contribution in [0.1, 0.15) is 0 Å². The zero-order valence-electron chi connectivity index (χ0n) is 34.2. The van der Waals surface area contributed by atoms with Gasteiger partial charge >= 0.3 is 0 Å². The minimum atomic E-state index is 0.528. The molecule has 8 nitrogen and oxygen atoms in total. The van der Waals surface area contributed by atoms with Gasteiger partial charge in [0.25, 0.3) is 0 Å². The lowest BCUT2D eigenvalue weighted by Crippen LogP contribution is -2.10. The summed E-state index contributed by atoms with van der Waals surface area (Å²) >= 11 is 0. The normalized spacial score (nSPS) is 12.1. The molecular weight excluding hydrogens is 785 g/mol. The first-order valence-electron chi connectivity index (χ1n) is 21.5. The first kappa shape index (κ1) is 34.8. The van der Waals surface area contributed by atoms with Gasteiger partial charge in [-0.15, -0.1) is 0 Å². The zero-order chi connectivity index (χ0) is 41.9. The van der Waals surface area contributed by atoms with Crippen LogP contribution >= 0.6 is 0 Å². The van der Waals surface area contributed by atoms with Crippen molar-refractivity contribution in [1.82, 2.24) is 38.2 Å². The Morgan fingerprint density at radius 1 is 0.266 bits per heavy atom. The number of fused-ring (bicyclic) bond motifs is 12. The van der Waals surface area contributed by atoms with Crippen molar-refractivity contribution in [2.24, 2.45) is 0 Å². The molecule has 0 aliphatic rings. The van der Waals surface area contributed by atoms with Crippen LogP contribution in [0.2, 0.25) is 0 Å². The number of rotatable bonds is 5. The molecule has 0 aliphatic carbocycles. The molecule has 0 saturated carbocycles. The fraction of sp³-hybridized carbons (Fsp3) is 0. The summed E-state index contributed by atoms with van der Waals surface area (Å²) in [5.74, 6) is 1.61. The Bertz CT molecular complexity index is 3850. The van der Waals surface area contributed by atoms with Crippen molar-refractivity contribution < 1.29 is 0 Å². The molecule has 0 fully saturated rings. The number of nitrogens with zero attached hydrogens (tertiary/aromatic N) is 8. The predicted octanol–water partition coefficient (Wildman–Crippen LogP) is 13.3. The monoisotopic (exact) mass is 818 g/mol. The lowest BCUT2D eigenvalue weighted by molar-refractivity contribution is 0.892. The molecule has 0 spiro atoms. The highest BCUT2D eigenvalue weighted by molar-refractivity contribution is 6.14. The van der Waals surface area contributed by atoms with Gasteiger partial charge in [0.2, 0.25) is 11.9 Å². The third-order valence-electron chi connectivity index (χ3n) is 12.9. The smallest absolute Gasteiger partial charge is 0.240 e. The lowest BCUT2D eigenvalue weighted by Gasteiger charge is -2.13. The Labute approximate surface area is 365 Å². The van der Waals surface area contributed by atoms with Crippen LogP contribution in [0.15, 0.2) is 207 Å². The van der Waals surface area contributed by atoms with Crippen LogP contribution in [-0.4, -0.2) is 38.2 Å². The van der Waals surface area contributed by atoms with Crippen molar-refractivity contribution in [1.29, 1.82) is 0 Å². The molecular formula is C56H34N8. The molecule has 0 atom stereocenters. The topological polar surface area (TPSA) is 71.3 Å². The Hall–Kier alpha value is -8.88. The highest BCUT2D eigenvalue weighted by Gasteiger charge is 2.22. The third kappa shape index (κ3) is 4.93. The van der Waals surface area contributed by atoms with Gasteiger partial charge in [-0.3, -0.25) is 14.1 Å². The van der Waals surface area contributed by atoms with E-state index in [-0.39, 0.29) is 0 Å². The Morgan fingerprint density at radius 2 is 0.578 bits per heavy atom. The van der Waals surface area contributed by atoms with Crippen molar-refractivity contribution in [2.75, 3.05) is 0 Å². The maximum Gasteiger partial charge on any atom is 0.240 e. The van der Waals surface area contributed by atoms with Gasteiger partial charge in [0.1, 0.15) is 0 Å². The average Bonchev–Trinajstić information content (AvgIpc) is 4.09. The molecule has 0 unspecified atom stereocenters. The van der Waals surface area contributed by atoms with Crippen LogP contribution in [0, 0.1) is 0 Å². The van der Waals surface area contributed by atoms with E-state index in [2.05, 4.69) is 205 Å². The van der Waals surface area contributed by atoms with E-state index < -0.39 is 0 Å². The van der Waals surface area contributed by atoms with Crippen molar-refractivity contribution in [2.45, 2.75) is 0 Å². The Kier molecular flexibility index (Phi) is 7.23. The van der Waals surface area contributed by atoms with E-state index in [4.69, 9.17) is 15.0 Å². The van der Waals surface area contributed by atoms with Gasteiger partial charge in [-0.1, -0.05) is 109 Å². The highest BCUT2D eigenvalue weighted by Crippen LogP contribution is 2.39. The fourth-order valence-electron chi connectivity index (χ4n) is 10.2. The molecule has 0 bridgehead atoms. The second kappa shape index (κ2) is 13.3. The molecule has 6 heterocycles. The van der Waals surface area contributed by atoms with E-state index in [1.165, 1.54) is 43.6 Å². The van der Waals surface area contributed by atoms with Crippen molar-refractivity contribution >= 4 is 87.2 Å². The molecule has 0 amide bonds. The molecule has 0 saturated heterocycles. The maximum atomic E-state index is 5.43. The van der Waals surface area contributed by atoms with E-state index in [1.807, 2.05) is 12.1 Å². The van der Waals surface area contributed by atoms with E-state index in [9.17, 15) is 0 Å². The number of para-hydroxylation sites is 6. The lowest BCUT2D eigenvalue weighted by atomic mass is 10.1. The molecule has 0 N–H and O–H groups in total. The minimum Gasteiger partial charge on any atom is -0.309 e. The third-order valence-corrected chi connectivity index (χ3v) is 12.9. The summed E-state index contributed by atoms with van der Waals surface area (Å²) in [5.41, 5.74) is 11.7. The van der Waals surface area contributed by atoms with Crippen molar-refractivity contribution in [3.05, 3.63) is 207 Å². The summed E-state index contributed by atoms with van der Waals surface area (Å²) < 4.78 is 9.11. The number of hydrogen-bond acceptors (Lipinski definition) is 4. The first-order chi connectivity index (χ1) is 31.8. The summed E-state index contributed by atoms with van der Waals surface area (Å²) in [6.07, 6.45) is 3.57. The van der Waals surface area contributed by atoms with E-state index >= 15 is 0 Å². The van der Waals surface area contributed by atoms with Crippen LogP contribution in [0.4, 0.5) is 0 Å². The van der Waals surface area contributed by atoms with Gasteiger partial charge in [-0.2, -0.15) is 15.0 Å². The van der Waals surface area contributed by atoms with Gasteiger partial charge in [0.05, 0.1) is 44.1 Å². The maximum absolute atomic E-state index is 5.43. The molecule has 0 aliphatic heterocycles. The summed E-state index contributed by atoms with van der Waals surface area (Å²) in [5, 5.41) is 9.37. The van der Waals surface area contributed by atoms with Gasteiger partial charge in [-0.05, 0) is 84.9 Å². The summed E-state index contributed by atoms with van der Waals surface area (Å²) in [6.45, 7) is 0. The van der Waals surface area contributed by atoms with Crippen molar-refractivity contribution in [3.63, 3.8) is 0 Å². The van der Waals surface area contributed by atoms with E-state index in [1.54, 1.807) is 12.4 Å². The Morgan fingerprint density at radius 3 is 0.953 bits per heavy atom. The molecule has 8 aromatic carbocycles. The van der Waals surface area contributed by atoms with Crippen molar-refractivity contribution in [3.8, 4) is 34.7 Å². The fourth-order valence-corrected chi connectivity index (χ4v) is 10.2. The molecule has 64 heavy (non-hydrogen) atoms. The number of aromatic nitrogens is 8. The number of benzene rings is 8. The summed E-state index contributed by atoms with van der Waals surface area (Å²) in [6, 6.07) is 69.0. The largest absolute Gasteiger partial charge is 0.309 e. The number of hydrogen-bond donors (Lipinski definition) is 0. The van der Waals surface area contributed by atoms with Crippen LogP contribution in [0.25, 0.3) is 122 Å².